The van der Waals surface area contributed by atoms with Crippen LogP contribution in [0.1, 0.15) is 16.2 Å². The number of morpholine rings is 1. The molecule has 4 rings (SSSR count). The molecule has 1 fully saturated rings. The zero-order valence-corrected chi connectivity index (χ0v) is 18.8. The van der Waals surface area contributed by atoms with E-state index in [-0.39, 0.29) is 11.4 Å². The number of hydrogen-bond acceptors (Lipinski definition) is 8. The van der Waals surface area contributed by atoms with Crippen LogP contribution in [-0.4, -0.2) is 55.5 Å². The fourth-order valence-electron chi connectivity index (χ4n) is 3.39. The molecule has 1 aliphatic rings. The minimum atomic E-state index is -0.424. The molecule has 174 valence electrons. The van der Waals surface area contributed by atoms with Crippen LogP contribution in [-0.2, 0) is 4.74 Å². The van der Waals surface area contributed by atoms with Gasteiger partial charge < -0.3 is 25.4 Å². The number of methoxy groups -OCH3 is 1. The Kier molecular flexibility index (Phi) is 7.46. The highest BCUT2D eigenvalue weighted by molar-refractivity contribution is 6.06. The molecule has 0 unspecified atom stereocenters. The molecule has 1 aliphatic heterocycles. The van der Waals surface area contributed by atoms with E-state index in [4.69, 9.17) is 15.2 Å². The number of ether oxygens (including phenoxy) is 2. The van der Waals surface area contributed by atoms with Gasteiger partial charge in [-0.1, -0.05) is 36.4 Å². The third kappa shape index (κ3) is 5.57. The molecule has 0 bridgehead atoms. The lowest BCUT2D eigenvalue weighted by atomic mass is 10.2. The normalized spacial score (nSPS) is 14.3. The molecule has 3 N–H and O–H groups in total. The lowest BCUT2D eigenvalue weighted by Crippen LogP contribution is -2.38. The van der Waals surface area contributed by atoms with Gasteiger partial charge in [0.05, 0.1) is 31.7 Å². The number of aromatic nitrogens is 2. The average Bonchev–Trinajstić information content (AvgIpc) is 2.89. The van der Waals surface area contributed by atoms with Crippen LogP contribution in [0.2, 0.25) is 0 Å². The van der Waals surface area contributed by atoms with E-state index in [1.807, 2.05) is 53.4 Å². The van der Waals surface area contributed by atoms with E-state index in [2.05, 4.69) is 20.3 Å². The zero-order chi connectivity index (χ0) is 23.8. The smallest absolute Gasteiger partial charge is 0.278 e. The molecule has 0 spiro atoms. The summed E-state index contributed by atoms with van der Waals surface area (Å²) in [6.07, 6.45) is 3.21. The van der Waals surface area contributed by atoms with Gasteiger partial charge in [-0.2, -0.15) is 0 Å². The summed E-state index contributed by atoms with van der Waals surface area (Å²) in [5, 5.41) is 2.85. The quantitative estimate of drug-likeness (QED) is 0.522. The van der Waals surface area contributed by atoms with E-state index < -0.39 is 5.91 Å². The Hall–Kier alpha value is -4.24. The van der Waals surface area contributed by atoms with Crippen molar-refractivity contribution in [1.82, 2.24) is 9.97 Å². The van der Waals surface area contributed by atoms with Crippen LogP contribution in [0.3, 0.4) is 0 Å². The first kappa shape index (κ1) is 22.9. The molecule has 0 atom stereocenters. The molecule has 2 aromatic carbocycles. The van der Waals surface area contributed by atoms with Gasteiger partial charge in [0.25, 0.3) is 5.91 Å². The number of aliphatic imine (C=N–C) groups is 1. The summed E-state index contributed by atoms with van der Waals surface area (Å²) in [6.45, 7) is 2.30. The number of anilines is 2. The van der Waals surface area contributed by atoms with Crippen LogP contribution in [0.15, 0.2) is 71.7 Å². The molecule has 9 nitrogen and oxygen atoms in total. The molecular weight excluding hydrogens is 432 g/mol. The van der Waals surface area contributed by atoms with E-state index in [0.29, 0.717) is 49.3 Å². The molecule has 0 radical (unpaired) electrons. The second-order valence-electron chi connectivity index (χ2n) is 7.41. The number of nitrogens with zero attached hydrogens (tertiary/aromatic N) is 4. The first-order valence-electron chi connectivity index (χ1n) is 10.9. The Morgan fingerprint density at radius 3 is 2.38 bits per heavy atom. The van der Waals surface area contributed by atoms with Crippen LogP contribution >= 0.6 is 0 Å². The van der Waals surface area contributed by atoms with Gasteiger partial charge in [0.2, 0.25) is 5.95 Å². The van der Waals surface area contributed by atoms with Gasteiger partial charge in [-0.15, -0.1) is 0 Å². The van der Waals surface area contributed by atoms with Crippen molar-refractivity contribution in [3.05, 3.63) is 78.1 Å². The van der Waals surface area contributed by atoms with Crippen molar-refractivity contribution in [2.45, 2.75) is 0 Å². The van der Waals surface area contributed by atoms with E-state index >= 15 is 0 Å². The molecule has 34 heavy (non-hydrogen) atoms. The van der Waals surface area contributed by atoms with Gasteiger partial charge in [-0.25, -0.2) is 9.97 Å². The molecule has 0 aliphatic carbocycles. The average molecular weight is 459 g/mol. The highest BCUT2D eigenvalue weighted by Crippen LogP contribution is 2.28. The monoisotopic (exact) mass is 458 g/mol. The second kappa shape index (κ2) is 11.1. The standard InChI is InChI=1S/C25H26N6O3/c1-33-23-21(20(26)12-13-27-18-8-4-2-5-9-18)29-25(31-14-16-34-17-15-31)30-22(23)24(32)28-19-10-6-3-7-11-19/h2-13H,14-17,26H2,1H3,(H,28,32)/b20-12-,27-13?. The molecule has 1 saturated heterocycles. The lowest BCUT2D eigenvalue weighted by molar-refractivity contribution is 0.101. The fourth-order valence-corrected chi connectivity index (χ4v) is 3.39. The number of benzene rings is 2. The summed E-state index contributed by atoms with van der Waals surface area (Å²) in [5.74, 6) is 0.146. The number of nitrogens with one attached hydrogen (secondary N) is 1. The molecule has 0 saturated carbocycles. The van der Waals surface area contributed by atoms with Crippen LogP contribution in [0, 0.1) is 0 Å². The third-order valence-electron chi connectivity index (χ3n) is 5.11. The Labute approximate surface area is 198 Å². The van der Waals surface area contributed by atoms with Crippen molar-refractivity contribution in [1.29, 1.82) is 0 Å². The molecule has 9 heteroatoms. The Bertz CT molecular complexity index is 1180. The fraction of sp³-hybridized carbons (Fsp3) is 0.200. The summed E-state index contributed by atoms with van der Waals surface area (Å²) in [6, 6.07) is 18.6. The molecule has 1 aromatic heterocycles. The Balaban J connectivity index is 1.72. The van der Waals surface area contributed by atoms with Crippen LogP contribution in [0.4, 0.5) is 17.3 Å². The minimum absolute atomic E-state index is 0.0918. The Morgan fingerprint density at radius 2 is 1.71 bits per heavy atom. The summed E-state index contributed by atoms with van der Waals surface area (Å²) < 4.78 is 11.0. The van der Waals surface area contributed by atoms with Crippen LogP contribution < -0.4 is 20.7 Å². The third-order valence-corrected chi connectivity index (χ3v) is 5.11. The molecular formula is C25H26N6O3. The number of allylic oxidation sites excluding steroid dienone is 1. The number of nitrogens with two attached hydrogens (primary N) is 1. The van der Waals surface area contributed by atoms with Crippen molar-refractivity contribution >= 4 is 35.1 Å². The molecule has 3 aromatic rings. The first-order chi connectivity index (χ1) is 16.7. The molecule has 2 heterocycles. The van der Waals surface area contributed by atoms with Crippen molar-refractivity contribution in [3.8, 4) is 5.75 Å². The van der Waals surface area contributed by atoms with E-state index in [9.17, 15) is 4.79 Å². The number of carbonyl (C=O) groups is 1. The van der Waals surface area contributed by atoms with E-state index in [1.165, 1.54) is 7.11 Å². The van der Waals surface area contributed by atoms with Gasteiger partial charge >= 0.3 is 0 Å². The maximum Gasteiger partial charge on any atom is 0.278 e. The SMILES string of the molecule is COc1c(C(=O)Nc2ccccc2)nc(N2CCOCC2)nc1/C(N)=C/C=Nc1ccccc1. The second-order valence-corrected chi connectivity index (χ2v) is 7.41. The zero-order valence-electron chi connectivity index (χ0n) is 18.8. The van der Waals surface area contributed by atoms with Crippen LogP contribution in [0.25, 0.3) is 5.70 Å². The van der Waals surface area contributed by atoms with Gasteiger partial charge in [-0.05, 0) is 30.3 Å². The van der Waals surface area contributed by atoms with Crippen molar-refractivity contribution in [2.24, 2.45) is 10.7 Å². The topological polar surface area (TPSA) is 115 Å². The number of rotatable bonds is 7. The maximum absolute atomic E-state index is 13.2. The number of amides is 1. The number of carbonyl (C=O) groups excluding carboxylic acids is 1. The van der Waals surface area contributed by atoms with Gasteiger partial charge in [0.1, 0.15) is 5.69 Å². The summed E-state index contributed by atoms with van der Waals surface area (Å²) in [7, 11) is 1.46. The summed E-state index contributed by atoms with van der Waals surface area (Å²) in [4.78, 5) is 28.7. The van der Waals surface area contributed by atoms with E-state index in [0.717, 1.165) is 5.69 Å². The highest BCUT2D eigenvalue weighted by Gasteiger charge is 2.25. The highest BCUT2D eigenvalue weighted by atomic mass is 16.5. The lowest BCUT2D eigenvalue weighted by Gasteiger charge is -2.27. The maximum atomic E-state index is 13.2. The van der Waals surface area contributed by atoms with Gasteiger partial charge in [0, 0.05) is 25.0 Å². The summed E-state index contributed by atoms with van der Waals surface area (Å²) in [5.41, 5.74) is 8.51. The van der Waals surface area contributed by atoms with Gasteiger partial charge in [-0.3, -0.25) is 9.79 Å². The van der Waals surface area contributed by atoms with Crippen molar-refractivity contribution < 1.29 is 14.3 Å². The predicted molar refractivity (Wildman–Crippen MR) is 133 cm³/mol. The largest absolute Gasteiger partial charge is 0.492 e. The number of hydrogen-bond donors (Lipinski definition) is 2. The minimum Gasteiger partial charge on any atom is -0.492 e. The predicted octanol–water partition coefficient (Wildman–Crippen LogP) is 3.28. The van der Waals surface area contributed by atoms with Crippen molar-refractivity contribution in [3.63, 3.8) is 0 Å². The van der Waals surface area contributed by atoms with Gasteiger partial charge in [0.15, 0.2) is 11.4 Å². The van der Waals surface area contributed by atoms with Crippen LogP contribution in [0.5, 0.6) is 5.75 Å². The van der Waals surface area contributed by atoms with E-state index in [1.54, 1.807) is 24.4 Å². The first-order valence-corrected chi connectivity index (χ1v) is 10.9. The summed E-state index contributed by atoms with van der Waals surface area (Å²) >= 11 is 0. The molecule has 1 amide bonds. The van der Waals surface area contributed by atoms with Crippen molar-refractivity contribution in [2.75, 3.05) is 43.6 Å². The Morgan fingerprint density at radius 1 is 1.06 bits per heavy atom. The number of para-hydroxylation sites is 2.